The van der Waals surface area contributed by atoms with Crippen LogP contribution in [0.25, 0.3) is 20.7 Å². The number of aryl methyl sites for hydroxylation is 1. The van der Waals surface area contributed by atoms with Crippen LogP contribution in [0.5, 0.6) is 0 Å². The fourth-order valence-electron chi connectivity index (χ4n) is 2.14. The highest BCUT2D eigenvalue weighted by Crippen LogP contribution is 2.30. The van der Waals surface area contributed by atoms with Crippen LogP contribution < -0.4 is 5.56 Å². The second kappa shape index (κ2) is 4.95. The summed E-state index contributed by atoms with van der Waals surface area (Å²) in [4.78, 5) is 18.7. The molecule has 0 aliphatic heterocycles. The number of rotatable bonds is 2. The summed E-state index contributed by atoms with van der Waals surface area (Å²) in [5.74, 6) is 3.15. The van der Waals surface area contributed by atoms with Crippen molar-refractivity contribution in [2.45, 2.75) is 13.5 Å². The van der Waals surface area contributed by atoms with Crippen LogP contribution in [0.2, 0.25) is 0 Å². The van der Waals surface area contributed by atoms with Crippen LogP contribution in [0.1, 0.15) is 5.82 Å². The monoisotopic (exact) mass is 280 g/mol. The smallest absolute Gasteiger partial charge is 0.263 e. The first kappa shape index (κ1) is 12.6. The van der Waals surface area contributed by atoms with Crippen molar-refractivity contribution in [3.63, 3.8) is 0 Å². The molecule has 1 aromatic carbocycles. The van der Waals surface area contributed by atoms with E-state index in [1.165, 1.54) is 15.9 Å². The number of hydrogen-bond donors (Lipinski definition) is 0. The van der Waals surface area contributed by atoms with Crippen LogP contribution in [-0.4, -0.2) is 9.55 Å². The van der Waals surface area contributed by atoms with E-state index in [9.17, 15) is 4.79 Å². The predicted octanol–water partition coefficient (Wildman–Crippen LogP) is 3.07. The first-order valence-electron chi connectivity index (χ1n) is 6.20. The van der Waals surface area contributed by atoms with Gasteiger partial charge in [-0.2, -0.15) is 0 Å². The highest BCUT2D eigenvalue weighted by molar-refractivity contribution is 7.21. The second-order valence-corrected chi connectivity index (χ2v) is 5.48. The van der Waals surface area contributed by atoms with E-state index in [-0.39, 0.29) is 12.1 Å². The summed E-state index contributed by atoms with van der Waals surface area (Å²) in [6.45, 7) is 2.06. The Balaban J connectivity index is 2.25. The maximum atomic E-state index is 12.4. The molecule has 0 amide bonds. The number of fused-ring (bicyclic) bond motifs is 1. The summed E-state index contributed by atoms with van der Waals surface area (Å²) in [6.07, 6.45) is 5.30. The van der Waals surface area contributed by atoms with Gasteiger partial charge in [0.25, 0.3) is 5.56 Å². The van der Waals surface area contributed by atoms with Crippen molar-refractivity contribution in [2.75, 3.05) is 0 Å². The maximum absolute atomic E-state index is 12.4. The molecule has 0 N–H and O–H groups in total. The molecule has 3 rings (SSSR count). The van der Waals surface area contributed by atoms with Gasteiger partial charge >= 0.3 is 0 Å². The predicted molar refractivity (Wildman–Crippen MR) is 82.9 cm³/mol. The van der Waals surface area contributed by atoms with Crippen molar-refractivity contribution in [1.29, 1.82) is 0 Å². The van der Waals surface area contributed by atoms with Gasteiger partial charge in [0.05, 0.1) is 11.9 Å². The Morgan fingerprint density at radius 3 is 2.80 bits per heavy atom. The van der Waals surface area contributed by atoms with Crippen molar-refractivity contribution in [2.24, 2.45) is 0 Å². The lowest BCUT2D eigenvalue weighted by Crippen LogP contribution is -2.22. The summed E-state index contributed by atoms with van der Waals surface area (Å²) in [5.41, 5.74) is 1.03. The number of nitrogens with zero attached hydrogens (tertiary/aromatic N) is 2. The SMILES string of the molecule is C#CCn1c(C)nc2sc(-c3ccccc3)cc2c1=O. The van der Waals surface area contributed by atoms with Gasteiger partial charge in [-0.25, -0.2) is 4.98 Å². The van der Waals surface area contributed by atoms with E-state index in [4.69, 9.17) is 6.42 Å². The number of thiophene rings is 1. The van der Waals surface area contributed by atoms with E-state index < -0.39 is 0 Å². The summed E-state index contributed by atoms with van der Waals surface area (Å²) in [7, 11) is 0. The Kier molecular flexibility index (Phi) is 3.13. The quantitative estimate of drug-likeness (QED) is 0.676. The molecule has 2 heterocycles. The molecule has 0 aliphatic carbocycles. The fraction of sp³-hybridized carbons (Fsp3) is 0.125. The maximum Gasteiger partial charge on any atom is 0.263 e. The van der Waals surface area contributed by atoms with Crippen LogP contribution >= 0.6 is 11.3 Å². The number of hydrogen-bond acceptors (Lipinski definition) is 3. The lowest BCUT2D eigenvalue weighted by molar-refractivity contribution is 0.743. The van der Waals surface area contributed by atoms with Crippen LogP contribution in [-0.2, 0) is 6.54 Å². The number of terminal acetylenes is 1. The molecular formula is C16H12N2OS. The Morgan fingerprint density at radius 1 is 1.35 bits per heavy atom. The van der Waals surface area contributed by atoms with E-state index >= 15 is 0 Å². The van der Waals surface area contributed by atoms with E-state index in [1.54, 1.807) is 6.92 Å². The molecule has 4 heteroatoms. The summed E-state index contributed by atoms with van der Waals surface area (Å²) in [5, 5.41) is 0.634. The Morgan fingerprint density at radius 2 is 2.10 bits per heavy atom. The molecule has 20 heavy (non-hydrogen) atoms. The molecule has 0 spiro atoms. The molecule has 0 atom stereocenters. The standard InChI is InChI=1S/C16H12N2OS/c1-3-9-18-11(2)17-15-13(16(18)19)10-14(20-15)12-7-5-4-6-8-12/h1,4-8,10H,9H2,2H3. The fourth-order valence-corrected chi connectivity index (χ4v) is 3.21. The van der Waals surface area contributed by atoms with Crippen LogP contribution in [0.15, 0.2) is 41.2 Å². The minimum absolute atomic E-state index is 0.0659. The summed E-state index contributed by atoms with van der Waals surface area (Å²) >= 11 is 1.53. The molecule has 0 fully saturated rings. The first-order valence-corrected chi connectivity index (χ1v) is 7.02. The van der Waals surface area contributed by atoms with Gasteiger partial charge in [0, 0.05) is 4.88 Å². The Hall–Kier alpha value is -2.38. The Labute approximate surface area is 120 Å². The lowest BCUT2D eigenvalue weighted by atomic mass is 10.2. The van der Waals surface area contributed by atoms with E-state index in [0.717, 1.165) is 15.3 Å². The minimum Gasteiger partial charge on any atom is -0.284 e. The van der Waals surface area contributed by atoms with Crippen molar-refractivity contribution in [3.8, 4) is 22.8 Å². The van der Waals surface area contributed by atoms with Gasteiger partial charge in [-0.3, -0.25) is 9.36 Å². The van der Waals surface area contributed by atoms with Crippen LogP contribution in [0.4, 0.5) is 0 Å². The van der Waals surface area contributed by atoms with Crippen molar-refractivity contribution in [1.82, 2.24) is 9.55 Å². The van der Waals surface area contributed by atoms with E-state index in [0.29, 0.717) is 11.2 Å². The summed E-state index contributed by atoms with van der Waals surface area (Å²) < 4.78 is 1.53. The zero-order valence-electron chi connectivity index (χ0n) is 11.0. The van der Waals surface area contributed by atoms with Crippen molar-refractivity contribution < 1.29 is 0 Å². The second-order valence-electron chi connectivity index (χ2n) is 4.45. The molecule has 0 bridgehead atoms. The normalized spacial score (nSPS) is 10.6. The van der Waals surface area contributed by atoms with E-state index in [2.05, 4.69) is 10.9 Å². The van der Waals surface area contributed by atoms with Gasteiger partial charge in [0.2, 0.25) is 0 Å². The van der Waals surface area contributed by atoms with E-state index in [1.807, 2.05) is 36.4 Å². The van der Waals surface area contributed by atoms with Gasteiger partial charge in [-0.05, 0) is 18.6 Å². The average Bonchev–Trinajstić information content (AvgIpc) is 2.88. The van der Waals surface area contributed by atoms with Crippen molar-refractivity contribution >= 4 is 21.6 Å². The third-order valence-corrected chi connectivity index (χ3v) is 4.23. The molecule has 0 aliphatic rings. The van der Waals surface area contributed by atoms with Crippen LogP contribution in [0, 0.1) is 19.3 Å². The third-order valence-electron chi connectivity index (χ3n) is 3.15. The highest BCUT2D eigenvalue weighted by atomic mass is 32.1. The third kappa shape index (κ3) is 2.02. The minimum atomic E-state index is -0.0659. The molecule has 0 saturated carbocycles. The van der Waals surface area contributed by atoms with Crippen molar-refractivity contribution in [3.05, 3.63) is 52.6 Å². The molecule has 0 saturated heterocycles. The number of aromatic nitrogens is 2. The topological polar surface area (TPSA) is 34.9 Å². The highest BCUT2D eigenvalue weighted by Gasteiger charge is 2.12. The zero-order valence-corrected chi connectivity index (χ0v) is 11.8. The van der Waals surface area contributed by atoms with Gasteiger partial charge < -0.3 is 0 Å². The molecule has 0 unspecified atom stereocenters. The largest absolute Gasteiger partial charge is 0.284 e. The van der Waals surface area contributed by atoms with Crippen LogP contribution in [0.3, 0.4) is 0 Å². The average molecular weight is 280 g/mol. The first-order chi connectivity index (χ1) is 9.70. The zero-order chi connectivity index (χ0) is 14.1. The molecule has 98 valence electrons. The molecule has 3 nitrogen and oxygen atoms in total. The van der Waals surface area contributed by atoms with Gasteiger partial charge in [-0.15, -0.1) is 17.8 Å². The number of benzene rings is 1. The Bertz CT molecular complexity index is 869. The van der Waals surface area contributed by atoms with Gasteiger partial charge in [0.1, 0.15) is 10.7 Å². The van der Waals surface area contributed by atoms with Gasteiger partial charge in [0.15, 0.2) is 0 Å². The lowest BCUT2D eigenvalue weighted by Gasteiger charge is -2.04. The molecular weight excluding hydrogens is 268 g/mol. The molecule has 3 aromatic rings. The molecule has 0 radical (unpaired) electrons. The summed E-state index contributed by atoms with van der Waals surface area (Å²) in [6, 6.07) is 11.9. The van der Waals surface area contributed by atoms with Gasteiger partial charge in [-0.1, -0.05) is 36.3 Å². The molecule has 2 aromatic heterocycles.